The van der Waals surface area contributed by atoms with Crippen molar-refractivity contribution in [2.45, 2.75) is 156 Å². The van der Waals surface area contributed by atoms with Gasteiger partial charge in [-0.1, -0.05) is 142 Å². The Kier molecular flexibility index (Phi) is 23.0. The van der Waals surface area contributed by atoms with Gasteiger partial charge in [-0.2, -0.15) is 0 Å². The standard InChI is InChI=1S/C33H62N.H2O/c1-5-8-9-10-11-12-13-14-15-16-17-18-19-20-21-22-23-26-31-34(29-6-2,30-7-3)33-28-25-24-27-32(33)4;/h24-25,27-28H,5-23,26,29-31H2,1-4H3;1H2/q+1;/p-1. The van der Waals surface area contributed by atoms with Crippen LogP contribution in [0.4, 0.5) is 5.69 Å². The molecule has 0 fully saturated rings. The van der Waals surface area contributed by atoms with Gasteiger partial charge in [0.25, 0.3) is 0 Å². The van der Waals surface area contributed by atoms with Crippen molar-refractivity contribution in [3.63, 3.8) is 0 Å². The summed E-state index contributed by atoms with van der Waals surface area (Å²) in [6.07, 6.45) is 28.7. The van der Waals surface area contributed by atoms with Crippen molar-refractivity contribution < 1.29 is 5.48 Å². The number of rotatable bonds is 24. The summed E-state index contributed by atoms with van der Waals surface area (Å²) < 4.78 is 1.21. The number of aryl methyl sites for hydroxylation is 1. The summed E-state index contributed by atoms with van der Waals surface area (Å²) in [6.45, 7) is 13.2. The van der Waals surface area contributed by atoms with Crippen LogP contribution in [0.15, 0.2) is 24.3 Å². The summed E-state index contributed by atoms with van der Waals surface area (Å²) in [5.74, 6) is 0. The van der Waals surface area contributed by atoms with Crippen LogP contribution < -0.4 is 4.48 Å². The van der Waals surface area contributed by atoms with Crippen LogP contribution in [0.5, 0.6) is 0 Å². The lowest BCUT2D eigenvalue weighted by molar-refractivity contribution is 0.264. The molecule has 0 heterocycles. The number of quaternary nitrogens is 1. The first-order chi connectivity index (χ1) is 16.7. The van der Waals surface area contributed by atoms with Crippen LogP contribution in [0.25, 0.3) is 0 Å². The summed E-state index contributed by atoms with van der Waals surface area (Å²) in [5.41, 5.74) is 3.06. The van der Waals surface area contributed by atoms with E-state index in [1.807, 2.05) is 0 Å². The Balaban J connectivity index is 0.0000116. The van der Waals surface area contributed by atoms with Crippen molar-refractivity contribution >= 4 is 5.69 Å². The molecule has 0 spiro atoms. The fraction of sp³-hybridized carbons (Fsp3) is 0.818. The number of hydrogen-bond donors (Lipinski definition) is 0. The molecule has 1 aromatic carbocycles. The van der Waals surface area contributed by atoms with Crippen molar-refractivity contribution in [1.29, 1.82) is 0 Å². The van der Waals surface area contributed by atoms with Crippen LogP contribution in [-0.4, -0.2) is 25.1 Å². The molecule has 0 aliphatic carbocycles. The number of benzene rings is 1. The van der Waals surface area contributed by atoms with Gasteiger partial charge in [0.1, 0.15) is 5.69 Å². The van der Waals surface area contributed by atoms with E-state index in [-0.39, 0.29) is 5.48 Å². The maximum atomic E-state index is 2.40. The number of hydrogen-bond acceptors (Lipinski definition) is 1. The zero-order chi connectivity index (χ0) is 24.7. The van der Waals surface area contributed by atoms with Gasteiger partial charge in [0.05, 0.1) is 19.6 Å². The molecule has 0 aliphatic heterocycles. The summed E-state index contributed by atoms with van der Waals surface area (Å²) in [7, 11) is 0. The Labute approximate surface area is 221 Å². The summed E-state index contributed by atoms with van der Waals surface area (Å²) >= 11 is 0. The predicted molar refractivity (Wildman–Crippen MR) is 159 cm³/mol. The van der Waals surface area contributed by atoms with Crippen molar-refractivity contribution in [2.75, 3.05) is 19.6 Å². The van der Waals surface area contributed by atoms with Gasteiger partial charge in [-0.15, -0.1) is 0 Å². The minimum absolute atomic E-state index is 0. The molecule has 0 radical (unpaired) electrons. The third-order valence-electron chi connectivity index (χ3n) is 7.87. The van der Waals surface area contributed by atoms with E-state index >= 15 is 0 Å². The SMILES string of the molecule is CCCCCCCCCCCCCCCCCCCC[N+](CCC)(CCC)c1ccccc1C.[OH-]. The van der Waals surface area contributed by atoms with Crippen LogP contribution in [-0.2, 0) is 0 Å². The molecular weight excluding hydrogens is 426 g/mol. The van der Waals surface area contributed by atoms with Gasteiger partial charge < -0.3 is 5.48 Å². The third-order valence-corrected chi connectivity index (χ3v) is 7.87. The Morgan fingerprint density at radius 3 is 1.20 bits per heavy atom. The molecule has 1 rings (SSSR count). The van der Waals surface area contributed by atoms with Crippen molar-refractivity contribution in [3.8, 4) is 0 Å². The smallest absolute Gasteiger partial charge is 0.135 e. The van der Waals surface area contributed by atoms with Gasteiger partial charge in [-0.05, 0) is 38.7 Å². The summed E-state index contributed by atoms with van der Waals surface area (Å²) in [5, 5.41) is 0. The van der Waals surface area contributed by atoms with Crippen molar-refractivity contribution in [1.82, 2.24) is 4.48 Å². The minimum Gasteiger partial charge on any atom is -0.870 e. The van der Waals surface area contributed by atoms with Crippen LogP contribution in [0.3, 0.4) is 0 Å². The number of nitrogens with zero attached hydrogens (tertiary/aromatic N) is 1. The maximum absolute atomic E-state index is 2.40. The zero-order valence-electron chi connectivity index (χ0n) is 24.5. The Morgan fingerprint density at radius 1 is 0.457 bits per heavy atom. The number of para-hydroxylation sites is 1. The predicted octanol–water partition coefficient (Wildman–Crippen LogP) is 11.0. The molecule has 2 heteroatoms. The van der Waals surface area contributed by atoms with E-state index in [9.17, 15) is 0 Å². The Bertz CT molecular complexity index is 564. The largest absolute Gasteiger partial charge is 0.870 e. The van der Waals surface area contributed by atoms with Crippen LogP contribution in [0.2, 0.25) is 0 Å². The normalized spacial score (nSPS) is 11.5. The highest BCUT2D eigenvalue weighted by Gasteiger charge is 2.29. The van der Waals surface area contributed by atoms with E-state index in [1.165, 1.54) is 158 Å². The lowest BCUT2D eigenvalue weighted by atomic mass is 10.0. The van der Waals surface area contributed by atoms with Gasteiger partial charge >= 0.3 is 0 Å². The van der Waals surface area contributed by atoms with Gasteiger partial charge in [0.2, 0.25) is 0 Å². The fourth-order valence-corrected chi connectivity index (χ4v) is 5.96. The van der Waals surface area contributed by atoms with Crippen LogP contribution in [0, 0.1) is 6.92 Å². The molecule has 0 aromatic heterocycles. The molecule has 2 nitrogen and oxygen atoms in total. The first-order valence-electron chi connectivity index (χ1n) is 15.6. The molecule has 35 heavy (non-hydrogen) atoms. The van der Waals surface area contributed by atoms with E-state index in [2.05, 4.69) is 52.0 Å². The lowest BCUT2D eigenvalue weighted by Gasteiger charge is -2.39. The average molecular weight is 490 g/mol. The molecule has 0 amide bonds. The van der Waals surface area contributed by atoms with Gasteiger partial charge in [-0.3, -0.25) is 4.48 Å². The van der Waals surface area contributed by atoms with Crippen molar-refractivity contribution in [3.05, 3.63) is 29.8 Å². The van der Waals surface area contributed by atoms with Gasteiger partial charge in [-0.25, -0.2) is 0 Å². The van der Waals surface area contributed by atoms with Crippen LogP contribution >= 0.6 is 0 Å². The molecule has 0 atom stereocenters. The average Bonchev–Trinajstić information content (AvgIpc) is 2.83. The van der Waals surface area contributed by atoms with Crippen LogP contribution in [0.1, 0.15) is 155 Å². The second-order valence-corrected chi connectivity index (χ2v) is 11.1. The first kappa shape index (κ1) is 34.1. The van der Waals surface area contributed by atoms with E-state index in [0.29, 0.717) is 0 Å². The highest BCUT2D eigenvalue weighted by molar-refractivity contribution is 5.50. The number of unbranched alkanes of at least 4 members (excludes halogenated alkanes) is 17. The first-order valence-corrected chi connectivity index (χ1v) is 15.6. The van der Waals surface area contributed by atoms with E-state index < -0.39 is 0 Å². The zero-order valence-corrected chi connectivity index (χ0v) is 24.5. The highest BCUT2D eigenvalue weighted by Crippen LogP contribution is 2.29. The summed E-state index contributed by atoms with van der Waals surface area (Å²) in [6, 6.07) is 9.15. The highest BCUT2D eigenvalue weighted by atomic mass is 16.0. The second-order valence-electron chi connectivity index (χ2n) is 11.1. The monoisotopic (exact) mass is 489 g/mol. The van der Waals surface area contributed by atoms with E-state index in [1.54, 1.807) is 5.69 Å². The van der Waals surface area contributed by atoms with E-state index in [0.717, 1.165) is 0 Å². The molecular formula is C33H63NO. The van der Waals surface area contributed by atoms with Gasteiger partial charge in [0.15, 0.2) is 0 Å². The Morgan fingerprint density at radius 2 is 0.829 bits per heavy atom. The molecule has 0 saturated heterocycles. The molecule has 0 bridgehead atoms. The molecule has 0 aliphatic rings. The second kappa shape index (κ2) is 23.5. The topological polar surface area (TPSA) is 30.0 Å². The summed E-state index contributed by atoms with van der Waals surface area (Å²) in [4.78, 5) is 0. The molecule has 206 valence electrons. The molecule has 0 saturated carbocycles. The van der Waals surface area contributed by atoms with Crippen molar-refractivity contribution in [2.24, 2.45) is 0 Å². The third kappa shape index (κ3) is 15.8. The minimum atomic E-state index is 0. The molecule has 0 unspecified atom stereocenters. The Hall–Kier alpha value is -0.860. The fourth-order valence-electron chi connectivity index (χ4n) is 5.96. The lowest BCUT2D eigenvalue weighted by Crippen LogP contribution is -2.51. The molecule has 1 aromatic rings. The van der Waals surface area contributed by atoms with Gasteiger partial charge in [0, 0.05) is 5.56 Å². The maximum Gasteiger partial charge on any atom is 0.135 e. The van der Waals surface area contributed by atoms with E-state index in [4.69, 9.17) is 0 Å². The quantitative estimate of drug-likeness (QED) is 0.105. The molecule has 1 N–H and O–H groups in total.